The number of rotatable bonds is 6. The standard InChI is InChI=1S/C18H19BrO4S/c1-12(2)17(18(20)21)11-24(22,23)16-9-5-14(6-10-16)13-3-7-15(19)8-4-13/h3-10,12,17H,11H2,1-2H3,(H,20,21). The molecule has 0 aliphatic rings. The Labute approximate surface area is 150 Å². The molecule has 2 rings (SSSR count). The maximum atomic E-state index is 12.5. The average molecular weight is 411 g/mol. The van der Waals surface area contributed by atoms with Crippen molar-refractivity contribution in [3.63, 3.8) is 0 Å². The van der Waals surface area contributed by atoms with Gasteiger partial charge in [0, 0.05) is 4.47 Å². The number of hydrogen-bond donors (Lipinski definition) is 1. The number of benzene rings is 2. The molecular formula is C18H19BrO4S. The SMILES string of the molecule is CC(C)C(CS(=O)(=O)c1ccc(-c2ccc(Br)cc2)cc1)C(=O)O. The van der Waals surface area contributed by atoms with E-state index in [1.54, 1.807) is 26.0 Å². The number of carboxylic acids is 1. The summed E-state index contributed by atoms with van der Waals surface area (Å²) in [6, 6.07) is 14.3. The molecule has 0 fully saturated rings. The van der Waals surface area contributed by atoms with Crippen molar-refractivity contribution >= 4 is 31.7 Å². The van der Waals surface area contributed by atoms with Gasteiger partial charge in [-0.2, -0.15) is 0 Å². The van der Waals surface area contributed by atoms with Crippen molar-refractivity contribution in [3.8, 4) is 11.1 Å². The van der Waals surface area contributed by atoms with Crippen LogP contribution in [0, 0.1) is 11.8 Å². The Hall–Kier alpha value is -1.66. The zero-order chi connectivity index (χ0) is 17.9. The first kappa shape index (κ1) is 18.7. The van der Waals surface area contributed by atoms with Gasteiger partial charge in [-0.1, -0.05) is 54.0 Å². The molecule has 2 aromatic rings. The van der Waals surface area contributed by atoms with Crippen LogP contribution in [-0.2, 0) is 14.6 Å². The number of aliphatic carboxylic acids is 1. The Morgan fingerprint density at radius 1 is 1.00 bits per heavy atom. The molecule has 0 aliphatic heterocycles. The third-order valence-corrected chi connectivity index (χ3v) is 6.23. The van der Waals surface area contributed by atoms with Gasteiger partial charge in [-0.15, -0.1) is 0 Å². The molecular weight excluding hydrogens is 392 g/mol. The lowest BCUT2D eigenvalue weighted by molar-refractivity contribution is -0.142. The van der Waals surface area contributed by atoms with Gasteiger partial charge < -0.3 is 5.11 Å². The van der Waals surface area contributed by atoms with Gasteiger partial charge in [0.1, 0.15) is 0 Å². The summed E-state index contributed by atoms with van der Waals surface area (Å²) in [4.78, 5) is 11.4. The zero-order valence-electron chi connectivity index (χ0n) is 13.4. The van der Waals surface area contributed by atoms with Crippen LogP contribution in [0.3, 0.4) is 0 Å². The normalized spacial score (nSPS) is 13.0. The summed E-state index contributed by atoms with van der Waals surface area (Å²) < 4.78 is 25.9. The minimum atomic E-state index is -3.64. The van der Waals surface area contributed by atoms with Gasteiger partial charge in [-0.3, -0.25) is 4.79 Å². The van der Waals surface area contributed by atoms with Gasteiger partial charge in [0.15, 0.2) is 9.84 Å². The predicted molar refractivity (Wildman–Crippen MR) is 97.6 cm³/mol. The van der Waals surface area contributed by atoms with E-state index in [4.69, 9.17) is 0 Å². The number of halogens is 1. The molecule has 0 amide bonds. The van der Waals surface area contributed by atoms with E-state index in [0.29, 0.717) is 0 Å². The van der Waals surface area contributed by atoms with E-state index in [1.165, 1.54) is 12.1 Å². The lowest BCUT2D eigenvalue weighted by Crippen LogP contribution is -2.28. The quantitative estimate of drug-likeness (QED) is 0.772. The molecule has 6 heteroatoms. The minimum Gasteiger partial charge on any atom is -0.481 e. The number of sulfone groups is 1. The molecule has 1 atom stereocenters. The number of hydrogen-bond acceptors (Lipinski definition) is 3. The fraction of sp³-hybridized carbons (Fsp3) is 0.278. The second-order valence-electron chi connectivity index (χ2n) is 6.00. The highest BCUT2D eigenvalue weighted by Gasteiger charge is 2.29. The molecule has 0 bridgehead atoms. The van der Waals surface area contributed by atoms with Crippen LogP contribution in [0.5, 0.6) is 0 Å². The van der Waals surface area contributed by atoms with Crippen molar-refractivity contribution in [1.29, 1.82) is 0 Å². The van der Waals surface area contributed by atoms with Gasteiger partial charge in [-0.05, 0) is 41.3 Å². The van der Waals surface area contributed by atoms with E-state index in [9.17, 15) is 18.3 Å². The summed E-state index contributed by atoms with van der Waals surface area (Å²) in [5.74, 6) is -2.64. The molecule has 0 spiro atoms. The van der Waals surface area contributed by atoms with E-state index in [2.05, 4.69) is 15.9 Å². The first-order valence-electron chi connectivity index (χ1n) is 7.52. The molecule has 1 unspecified atom stereocenters. The van der Waals surface area contributed by atoms with E-state index in [0.717, 1.165) is 15.6 Å². The molecule has 24 heavy (non-hydrogen) atoms. The topological polar surface area (TPSA) is 71.4 Å². The first-order valence-corrected chi connectivity index (χ1v) is 9.97. The van der Waals surface area contributed by atoms with Crippen molar-refractivity contribution < 1.29 is 18.3 Å². The van der Waals surface area contributed by atoms with Gasteiger partial charge in [-0.25, -0.2) is 8.42 Å². The molecule has 0 aliphatic carbocycles. The second kappa shape index (κ2) is 7.49. The molecule has 0 saturated heterocycles. The summed E-state index contributed by atoms with van der Waals surface area (Å²) in [7, 11) is -3.64. The third-order valence-electron chi connectivity index (χ3n) is 3.91. The fourth-order valence-electron chi connectivity index (χ4n) is 2.38. The average Bonchev–Trinajstić information content (AvgIpc) is 2.53. The molecule has 0 heterocycles. The third kappa shape index (κ3) is 4.45. The van der Waals surface area contributed by atoms with Gasteiger partial charge >= 0.3 is 5.97 Å². The van der Waals surface area contributed by atoms with E-state index >= 15 is 0 Å². The molecule has 1 N–H and O–H groups in total. The Bertz CT molecular complexity index is 809. The zero-order valence-corrected chi connectivity index (χ0v) is 15.8. The van der Waals surface area contributed by atoms with E-state index in [1.807, 2.05) is 24.3 Å². The Kier molecular flexibility index (Phi) is 5.83. The van der Waals surface area contributed by atoms with E-state index in [-0.39, 0.29) is 10.8 Å². The predicted octanol–water partition coefficient (Wildman–Crippen LogP) is 4.25. The maximum Gasteiger partial charge on any atom is 0.307 e. The summed E-state index contributed by atoms with van der Waals surface area (Å²) >= 11 is 3.37. The lowest BCUT2D eigenvalue weighted by Gasteiger charge is -2.16. The molecule has 128 valence electrons. The molecule has 4 nitrogen and oxygen atoms in total. The van der Waals surface area contributed by atoms with Crippen LogP contribution < -0.4 is 0 Å². The molecule has 0 aromatic heterocycles. The van der Waals surface area contributed by atoms with Gasteiger partial charge in [0.25, 0.3) is 0 Å². The fourth-order valence-corrected chi connectivity index (χ4v) is 4.39. The molecule has 2 aromatic carbocycles. The van der Waals surface area contributed by atoms with Crippen LogP contribution in [0.15, 0.2) is 57.9 Å². The largest absolute Gasteiger partial charge is 0.481 e. The highest BCUT2D eigenvalue weighted by Crippen LogP contribution is 2.25. The Morgan fingerprint density at radius 2 is 1.46 bits per heavy atom. The monoisotopic (exact) mass is 410 g/mol. The van der Waals surface area contributed by atoms with Crippen LogP contribution in [-0.4, -0.2) is 25.2 Å². The first-order chi connectivity index (χ1) is 11.2. The summed E-state index contributed by atoms with van der Waals surface area (Å²) in [6.45, 7) is 3.43. The Balaban J connectivity index is 2.26. The lowest BCUT2D eigenvalue weighted by atomic mass is 9.98. The van der Waals surface area contributed by atoms with Gasteiger partial charge in [0.05, 0.1) is 16.6 Å². The van der Waals surface area contributed by atoms with E-state index < -0.39 is 27.5 Å². The highest BCUT2D eigenvalue weighted by molar-refractivity contribution is 9.10. The van der Waals surface area contributed by atoms with Crippen molar-refractivity contribution in [3.05, 3.63) is 53.0 Å². The van der Waals surface area contributed by atoms with Crippen LogP contribution in [0.2, 0.25) is 0 Å². The highest BCUT2D eigenvalue weighted by atomic mass is 79.9. The number of carboxylic acid groups (broad SMARTS) is 1. The van der Waals surface area contributed by atoms with Crippen LogP contribution in [0.1, 0.15) is 13.8 Å². The van der Waals surface area contributed by atoms with Crippen LogP contribution >= 0.6 is 15.9 Å². The molecule has 0 saturated carbocycles. The van der Waals surface area contributed by atoms with Crippen molar-refractivity contribution in [2.75, 3.05) is 5.75 Å². The van der Waals surface area contributed by atoms with Crippen molar-refractivity contribution in [2.45, 2.75) is 18.7 Å². The van der Waals surface area contributed by atoms with Crippen LogP contribution in [0.4, 0.5) is 0 Å². The summed E-state index contributed by atoms with van der Waals surface area (Å²) in [6.07, 6.45) is 0. The van der Waals surface area contributed by atoms with Crippen molar-refractivity contribution in [1.82, 2.24) is 0 Å². The second-order valence-corrected chi connectivity index (χ2v) is 8.95. The van der Waals surface area contributed by atoms with Crippen molar-refractivity contribution in [2.24, 2.45) is 11.8 Å². The smallest absolute Gasteiger partial charge is 0.307 e. The summed E-state index contributed by atoms with van der Waals surface area (Å²) in [5.41, 5.74) is 1.88. The van der Waals surface area contributed by atoms with Crippen LogP contribution in [0.25, 0.3) is 11.1 Å². The maximum absolute atomic E-state index is 12.5. The summed E-state index contributed by atoms with van der Waals surface area (Å²) in [5, 5.41) is 9.20. The number of carbonyl (C=O) groups is 1. The Morgan fingerprint density at radius 3 is 1.88 bits per heavy atom. The minimum absolute atomic E-state index is 0.148. The molecule has 0 radical (unpaired) electrons. The van der Waals surface area contributed by atoms with Gasteiger partial charge in [0.2, 0.25) is 0 Å².